The normalized spacial score (nSPS) is 10.2. The summed E-state index contributed by atoms with van der Waals surface area (Å²) in [7, 11) is 1.51. The molecular formula is C18H19ClN2O3. The highest BCUT2D eigenvalue weighted by molar-refractivity contribution is 6.31. The number of aryl methyl sites for hydroxylation is 1. The number of amides is 2. The summed E-state index contributed by atoms with van der Waals surface area (Å²) in [5.74, 6) is -0.0513. The zero-order valence-electron chi connectivity index (χ0n) is 13.8. The summed E-state index contributed by atoms with van der Waals surface area (Å²) in [5, 5.41) is 3.21. The van der Waals surface area contributed by atoms with Crippen molar-refractivity contribution in [2.45, 2.75) is 13.8 Å². The van der Waals surface area contributed by atoms with Gasteiger partial charge < -0.3 is 15.0 Å². The van der Waals surface area contributed by atoms with Crippen molar-refractivity contribution in [1.29, 1.82) is 0 Å². The number of nitrogens with zero attached hydrogens (tertiary/aromatic N) is 1. The first-order valence-electron chi connectivity index (χ1n) is 7.39. The molecule has 5 nitrogen and oxygen atoms in total. The molecule has 2 rings (SSSR count). The summed E-state index contributed by atoms with van der Waals surface area (Å²) in [6.45, 7) is 3.22. The number of hydrogen-bond donors (Lipinski definition) is 1. The number of methoxy groups -OCH3 is 1. The second-order valence-corrected chi connectivity index (χ2v) is 5.72. The van der Waals surface area contributed by atoms with Gasteiger partial charge in [0.15, 0.2) is 0 Å². The van der Waals surface area contributed by atoms with Crippen molar-refractivity contribution in [3.63, 3.8) is 0 Å². The summed E-state index contributed by atoms with van der Waals surface area (Å²) >= 11 is 5.96. The van der Waals surface area contributed by atoms with Gasteiger partial charge in [0, 0.05) is 17.6 Å². The first kappa shape index (κ1) is 17.8. The van der Waals surface area contributed by atoms with E-state index in [2.05, 4.69) is 5.32 Å². The van der Waals surface area contributed by atoms with Crippen LogP contribution in [0.2, 0.25) is 5.02 Å². The topological polar surface area (TPSA) is 58.6 Å². The molecule has 2 amide bonds. The highest BCUT2D eigenvalue weighted by atomic mass is 35.5. The first-order valence-corrected chi connectivity index (χ1v) is 7.77. The fourth-order valence-corrected chi connectivity index (χ4v) is 2.52. The Hall–Kier alpha value is -2.53. The van der Waals surface area contributed by atoms with Crippen LogP contribution in [0.25, 0.3) is 0 Å². The molecule has 0 fully saturated rings. The molecule has 0 spiro atoms. The van der Waals surface area contributed by atoms with Gasteiger partial charge in [0.05, 0.1) is 12.8 Å². The van der Waals surface area contributed by atoms with E-state index in [1.165, 1.54) is 18.9 Å². The first-order chi connectivity index (χ1) is 11.4. The molecule has 0 radical (unpaired) electrons. The minimum atomic E-state index is -0.339. The van der Waals surface area contributed by atoms with Gasteiger partial charge in [0.25, 0.3) is 0 Å². The molecule has 2 aromatic rings. The van der Waals surface area contributed by atoms with Crippen molar-refractivity contribution in [2.24, 2.45) is 0 Å². The van der Waals surface area contributed by atoms with E-state index in [1.807, 2.05) is 31.2 Å². The van der Waals surface area contributed by atoms with Crippen LogP contribution in [0.5, 0.6) is 5.75 Å². The van der Waals surface area contributed by atoms with Crippen LogP contribution in [0.1, 0.15) is 12.5 Å². The Bertz CT molecular complexity index is 762. The van der Waals surface area contributed by atoms with Crippen LogP contribution in [0, 0.1) is 6.92 Å². The third-order valence-electron chi connectivity index (χ3n) is 3.52. The maximum Gasteiger partial charge on any atom is 0.244 e. The van der Waals surface area contributed by atoms with Gasteiger partial charge in [-0.3, -0.25) is 9.59 Å². The number of ether oxygens (including phenoxy) is 1. The largest absolute Gasteiger partial charge is 0.495 e. The number of carbonyl (C=O) groups is 2. The number of para-hydroxylation sites is 1. The van der Waals surface area contributed by atoms with Gasteiger partial charge in [-0.05, 0) is 36.8 Å². The molecular weight excluding hydrogens is 328 g/mol. The van der Waals surface area contributed by atoms with Crippen molar-refractivity contribution in [3.8, 4) is 5.75 Å². The highest BCUT2D eigenvalue weighted by Crippen LogP contribution is 2.28. The Morgan fingerprint density at radius 1 is 1.21 bits per heavy atom. The maximum atomic E-state index is 12.4. The minimum Gasteiger partial charge on any atom is -0.495 e. The minimum absolute atomic E-state index is 0.101. The Labute approximate surface area is 146 Å². The van der Waals surface area contributed by atoms with Gasteiger partial charge in [-0.15, -0.1) is 0 Å². The fourth-order valence-electron chi connectivity index (χ4n) is 2.34. The lowest BCUT2D eigenvalue weighted by molar-refractivity contribution is -0.120. The van der Waals surface area contributed by atoms with Crippen LogP contribution in [-0.4, -0.2) is 25.5 Å². The molecule has 2 aromatic carbocycles. The average Bonchev–Trinajstić information content (AvgIpc) is 2.53. The van der Waals surface area contributed by atoms with E-state index in [0.717, 1.165) is 5.56 Å². The summed E-state index contributed by atoms with van der Waals surface area (Å²) in [6, 6.07) is 12.4. The zero-order chi connectivity index (χ0) is 17.7. The van der Waals surface area contributed by atoms with E-state index in [0.29, 0.717) is 22.1 Å². The van der Waals surface area contributed by atoms with E-state index in [4.69, 9.17) is 16.3 Å². The highest BCUT2D eigenvalue weighted by Gasteiger charge is 2.18. The summed E-state index contributed by atoms with van der Waals surface area (Å²) in [5.41, 5.74) is 2.09. The molecule has 0 unspecified atom stereocenters. The third kappa shape index (κ3) is 4.26. The van der Waals surface area contributed by atoms with Gasteiger partial charge in [0.2, 0.25) is 11.8 Å². The lowest BCUT2D eigenvalue weighted by atomic mass is 10.2. The monoisotopic (exact) mass is 346 g/mol. The number of hydrogen-bond acceptors (Lipinski definition) is 3. The third-order valence-corrected chi connectivity index (χ3v) is 3.76. The summed E-state index contributed by atoms with van der Waals surface area (Å²) < 4.78 is 5.20. The molecule has 6 heteroatoms. The second kappa shape index (κ2) is 7.84. The van der Waals surface area contributed by atoms with Crippen LogP contribution in [-0.2, 0) is 9.59 Å². The zero-order valence-corrected chi connectivity index (χ0v) is 14.6. The molecule has 0 atom stereocenters. The van der Waals surface area contributed by atoms with Crippen molar-refractivity contribution in [1.82, 2.24) is 0 Å². The fraction of sp³-hybridized carbons (Fsp3) is 0.222. The number of benzene rings is 2. The van der Waals surface area contributed by atoms with E-state index in [-0.39, 0.29) is 18.4 Å². The SMILES string of the molecule is COc1ccc(Cl)cc1NC(=O)CN(C(C)=O)c1ccccc1C. The number of halogens is 1. The molecule has 0 heterocycles. The smallest absolute Gasteiger partial charge is 0.244 e. The summed E-state index contributed by atoms with van der Waals surface area (Å²) in [6.07, 6.45) is 0. The van der Waals surface area contributed by atoms with Crippen LogP contribution in [0.3, 0.4) is 0 Å². The Balaban J connectivity index is 2.19. The van der Waals surface area contributed by atoms with Gasteiger partial charge in [-0.2, -0.15) is 0 Å². The quantitative estimate of drug-likeness (QED) is 0.899. The Morgan fingerprint density at radius 2 is 1.92 bits per heavy atom. The molecule has 126 valence electrons. The number of rotatable bonds is 5. The lowest BCUT2D eigenvalue weighted by Gasteiger charge is -2.22. The standard InChI is InChI=1S/C18H19ClN2O3/c1-12-6-4-5-7-16(12)21(13(2)22)11-18(23)20-15-10-14(19)8-9-17(15)24-3/h4-10H,11H2,1-3H3,(H,20,23). The molecule has 0 aromatic heterocycles. The molecule has 0 aliphatic carbocycles. The number of nitrogens with one attached hydrogen (secondary N) is 1. The van der Waals surface area contributed by atoms with Crippen molar-refractivity contribution in [2.75, 3.05) is 23.9 Å². The predicted octanol–water partition coefficient (Wildman–Crippen LogP) is 3.65. The van der Waals surface area contributed by atoms with Crippen LogP contribution >= 0.6 is 11.6 Å². The van der Waals surface area contributed by atoms with E-state index in [1.54, 1.807) is 18.2 Å². The second-order valence-electron chi connectivity index (χ2n) is 5.28. The van der Waals surface area contributed by atoms with E-state index >= 15 is 0 Å². The van der Waals surface area contributed by atoms with Gasteiger partial charge in [-0.25, -0.2) is 0 Å². The average molecular weight is 347 g/mol. The molecule has 1 N–H and O–H groups in total. The molecule has 0 saturated carbocycles. The van der Waals surface area contributed by atoms with Crippen molar-refractivity contribution < 1.29 is 14.3 Å². The van der Waals surface area contributed by atoms with Gasteiger partial charge in [-0.1, -0.05) is 29.8 Å². The molecule has 0 aliphatic rings. The lowest BCUT2D eigenvalue weighted by Crippen LogP contribution is -2.37. The summed E-state index contributed by atoms with van der Waals surface area (Å²) in [4.78, 5) is 25.8. The van der Waals surface area contributed by atoms with Crippen molar-refractivity contribution >= 4 is 34.8 Å². The molecule has 24 heavy (non-hydrogen) atoms. The molecule has 0 aliphatic heterocycles. The Kier molecular flexibility index (Phi) is 5.82. The van der Waals surface area contributed by atoms with Gasteiger partial charge >= 0.3 is 0 Å². The van der Waals surface area contributed by atoms with E-state index in [9.17, 15) is 9.59 Å². The van der Waals surface area contributed by atoms with Gasteiger partial charge in [0.1, 0.15) is 12.3 Å². The molecule has 0 saturated heterocycles. The van der Waals surface area contributed by atoms with Crippen molar-refractivity contribution in [3.05, 3.63) is 53.1 Å². The van der Waals surface area contributed by atoms with Crippen LogP contribution < -0.4 is 15.0 Å². The molecule has 0 bridgehead atoms. The van der Waals surface area contributed by atoms with Crippen LogP contribution in [0.4, 0.5) is 11.4 Å². The maximum absolute atomic E-state index is 12.4. The predicted molar refractivity (Wildman–Crippen MR) is 95.8 cm³/mol. The number of carbonyl (C=O) groups excluding carboxylic acids is 2. The Morgan fingerprint density at radius 3 is 2.54 bits per heavy atom. The van der Waals surface area contributed by atoms with Crippen LogP contribution in [0.15, 0.2) is 42.5 Å². The van der Waals surface area contributed by atoms with E-state index < -0.39 is 0 Å². The number of anilines is 2.